The van der Waals surface area contributed by atoms with Crippen LogP contribution in [0.1, 0.15) is 10.4 Å². The van der Waals surface area contributed by atoms with Gasteiger partial charge in [0, 0.05) is 12.1 Å². The summed E-state index contributed by atoms with van der Waals surface area (Å²) in [6.45, 7) is 1.07. The highest BCUT2D eigenvalue weighted by Gasteiger charge is 2.17. The van der Waals surface area contributed by atoms with Crippen molar-refractivity contribution in [3.63, 3.8) is 0 Å². The average molecular weight is 441 g/mol. The molecule has 0 unspecified atom stereocenters. The second-order valence-electron chi connectivity index (χ2n) is 5.90. The Morgan fingerprint density at radius 3 is 1.94 bits per heavy atom. The molecule has 0 aromatic heterocycles. The van der Waals surface area contributed by atoms with E-state index in [1.165, 1.54) is 12.1 Å². The van der Waals surface area contributed by atoms with E-state index in [0.717, 1.165) is 0 Å². The predicted octanol–water partition coefficient (Wildman–Crippen LogP) is -0.320. The molecule has 1 amide bonds. The van der Waals surface area contributed by atoms with E-state index in [1.807, 2.05) is 0 Å². The molecule has 11 nitrogen and oxygen atoms in total. The maximum absolute atomic E-state index is 11.8. The topological polar surface area (TPSA) is 147 Å². The zero-order valence-electron chi connectivity index (χ0n) is 17.1. The number of nitrogens with one attached hydrogen (secondary N) is 1. The average Bonchev–Trinajstić information content (AvgIpc) is 2.76. The molecule has 1 aromatic carbocycles. The first-order valence-electron chi connectivity index (χ1n) is 9.56. The number of ether oxygens (including phenoxy) is 5. The van der Waals surface area contributed by atoms with Crippen LogP contribution in [0.15, 0.2) is 30.3 Å². The van der Waals surface area contributed by atoms with Gasteiger partial charge in [0.1, 0.15) is 19.8 Å². The SMILES string of the molecule is O=C(O)COCC(=O)NCCOCCOCCOCCOC(=O)C(=O)c1ccccc1. The number of Topliss-reactive ketones (excluding diaryl/α,β-unsaturated/α-hetero) is 1. The quantitative estimate of drug-likeness (QED) is 0.134. The van der Waals surface area contributed by atoms with Crippen LogP contribution in [-0.4, -0.2) is 94.7 Å². The minimum Gasteiger partial charge on any atom is -0.480 e. The molecule has 0 radical (unpaired) electrons. The summed E-state index contributed by atoms with van der Waals surface area (Å²) < 4.78 is 25.3. The van der Waals surface area contributed by atoms with Crippen molar-refractivity contribution in [1.82, 2.24) is 5.32 Å². The molecule has 11 heteroatoms. The van der Waals surface area contributed by atoms with Gasteiger partial charge in [0.15, 0.2) is 0 Å². The van der Waals surface area contributed by atoms with Crippen LogP contribution < -0.4 is 5.32 Å². The summed E-state index contributed by atoms with van der Waals surface area (Å²) >= 11 is 0. The van der Waals surface area contributed by atoms with E-state index in [0.29, 0.717) is 19.8 Å². The minimum atomic E-state index is -1.14. The van der Waals surface area contributed by atoms with Gasteiger partial charge in [-0.25, -0.2) is 9.59 Å². The van der Waals surface area contributed by atoms with Crippen molar-refractivity contribution in [2.75, 3.05) is 66.0 Å². The van der Waals surface area contributed by atoms with Crippen LogP contribution in [0, 0.1) is 0 Å². The van der Waals surface area contributed by atoms with Crippen molar-refractivity contribution in [2.24, 2.45) is 0 Å². The lowest BCUT2D eigenvalue weighted by Gasteiger charge is -2.08. The Hall–Kier alpha value is -2.86. The Kier molecular flexibility index (Phi) is 14.3. The van der Waals surface area contributed by atoms with E-state index in [9.17, 15) is 19.2 Å². The van der Waals surface area contributed by atoms with Crippen LogP contribution in [0.2, 0.25) is 0 Å². The van der Waals surface area contributed by atoms with Crippen molar-refractivity contribution in [1.29, 1.82) is 0 Å². The van der Waals surface area contributed by atoms with Gasteiger partial charge in [-0.1, -0.05) is 30.3 Å². The van der Waals surface area contributed by atoms with Crippen LogP contribution in [0.5, 0.6) is 0 Å². The number of carbonyl (C=O) groups excluding carboxylic acids is 3. The highest BCUT2D eigenvalue weighted by atomic mass is 16.6. The molecule has 0 saturated heterocycles. The smallest absolute Gasteiger partial charge is 0.379 e. The number of aliphatic carboxylic acids is 1. The van der Waals surface area contributed by atoms with E-state index in [1.54, 1.807) is 18.2 Å². The van der Waals surface area contributed by atoms with Crippen LogP contribution in [-0.2, 0) is 38.1 Å². The van der Waals surface area contributed by atoms with Crippen molar-refractivity contribution >= 4 is 23.6 Å². The fourth-order valence-electron chi connectivity index (χ4n) is 2.05. The Balaban J connectivity index is 1.85. The maximum atomic E-state index is 11.8. The summed E-state index contributed by atoms with van der Waals surface area (Å²) in [5.74, 6) is -3.18. The summed E-state index contributed by atoms with van der Waals surface area (Å²) in [6.07, 6.45) is 0. The van der Waals surface area contributed by atoms with E-state index in [2.05, 4.69) is 10.1 Å². The lowest BCUT2D eigenvalue weighted by atomic mass is 10.1. The van der Waals surface area contributed by atoms with Gasteiger partial charge in [-0.3, -0.25) is 9.59 Å². The summed E-state index contributed by atoms with van der Waals surface area (Å²) in [5.41, 5.74) is 0.274. The molecule has 31 heavy (non-hydrogen) atoms. The monoisotopic (exact) mass is 441 g/mol. The molecule has 0 fully saturated rings. The highest BCUT2D eigenvalue weighted by Crippen LogP contribution is 2.01. The van der Waals surface area contributed by atoms with Crippen molar-refractivity contribution in [3.05, 3.63) is 35.9 Å². The van der Waals surface area contributed by atoms with Crippen LogP contribution in [0.4, 0.5) is 0 Å². The Morgan fingerprint density at radius 2 is 1.32 bits per heavy atom. The second-order valence-corrected chi connectivity index (χ2v) is 5.90. The molecule has 2 N–H and O–H groups in total. The number of carboxylic acids is 1. The molecule has 0 aliphatic heterocycles. The lowest BCUT2D eigenvalue weighted by Crippen LogP contribution is -2.31. The third-order valence-corrected chi connectivity index (χ3v) is 3.45. The zero-order valence-corrected chi connectivity index (χ0v) is 17.1. The Bertz CT molecular complexity index is 680. The van der Waals surface area contributed by atoms with E-state index >= 15 is 0 Å². The molecule has 1 aromatic rings. The molecule has 0 heterocycles. The number of carboxylic acid groups (broad SMARTS) is 1. The number of amides is 1. The van der Waals surface area contributed by atoms with Crippen molar-refractivity contribution in [3.8, 4) is 0 Å². The molecule has 0 bridgehead atoms. The van der Waals surface area contributed by atoms with Gasteiger partial charge >= 0.3 is 11.9 Å². The van der Waals surface area contributed by atoms with Gasteiger partial charge in [0.2, 0.25) is 5.91 Å². The van der Waals surface area contributed by atoms with E-state index in [4.69, 9.17) is 24.1 Å². The fourth-order valence-corrected chi connectivity index (χ4v) is 2.05. The van der Waals surface area contributed by atoms with Gasteiger partial charge in [0.05, 0.1) is 39.6 Å². The molecular weight excluding hydrogens is 414 g/mol. The summed E-state index contributed by atoms with van der Waals surface area (Å²) in [4.78, 5) is 44.9. The molecule has 172 valence electrons. The van der Waals surface area contributed by atoms with Crippen molar-refractivity contribution < 1.29 is 48.0 Å². The fraction of sp³-hybridized carbons (Fsp3) is 0.500. The third kappa shape index (κ3) is 13.9. The number of hydrogen-bond acceptors (Lipinski definition) is 9. The Labute approximate surface area is 179 Å². The van der Waals surface area contributed by atoms with Gasteiger partial charge in [0.25, 0.3) is 5.78 Å². The molecule has 0 aliphatic carbocycles. The van der Waals surface area contributed by atoms with Crippen LogP contribution >= 0.6 is 0 Å². The normalized spacial score (nSPS) is 10.5. The van der Waals surface area contributed by atoms with Gasteiger partial charge in [-0.05, 0) is 0 Å². The Morgan fingerprint density at radius 1 is 0.742 bits per heavy atom. The summed E-state index contributed by atoms with van der Waals surface area (Å²) in [6, 6.07) is 8.15. The number of benzene rings is 1. The standard InChI is InChI=1S/C20H27NO10/c22-17(14-30-15-18(23)24)21-6-7-27-8-9-28-10-11-29-12-13-31-20(26)19(25)16-4-2-1-3-5-16/h1-5H,6-15H2,(H,21,22)(H,23,24). The first-order chi connectivity index (χ1) is 15.0. The predicted molar refractivity (Wildman–Crippen MR) is 106 cm³/mol. The third-order valence-electron chi connectivity index (χ3n) is 3.45. The molecule has 0 spiro atoms. The van der Waals surface area contributed by atoms with E-state index < -0.39 is 30.2 Å². The highest BCUT2D eigenvalue weighted by molar-refractivity contribution is 6.40. The number of carbonyl (C=O) groups is 4. The molecule has 0 atom stereocenters. The lowest BCUT2D eigenvalue weighted by molar-refractivity contribution is -0.143. The minimum absolute atomic E-state index is 0.0341. The van der Waals surface area contributed by atoms with E-state index in [-0.39, 0.29) is 45.1 Å². The van der Waals surface area contributed by atoms with Crippen LogP contribution in [0.3, 0.4) is 0 Å². The summed E-state index contributed by atoms with van der Waals surface area (Å²) in [7, 11) is 0. The first kappa shape index (κ1) is 26.2. The number of hydrogen-bond donors (Lipinski definition) is 2. The molecule has 0 aliphatic rings. The number of esters is 1. The molecule has 0 saturated carbocycles. The number of rotatable bonds is 18. The van der Waals surface area contributed by atoms with Crippen LogP contribution in [0.25, 0.3) is 0 Å². The van der Waals surface area contributed by atoms with Gasteiger partial charge in [-0.2, -0.15) is 0 Å². The maximum Gasteiger partial charge on any atom is 0.379 e. The zero-order chi connectivity index (χ0) is 22.7. The molecular formula is C20H27NO10. The molecule has 1 rings (SSSR count). The number of ketones is 1. The largest absolute Gasteiger partial charge is 0.480 e. The second kappa shape index (κ2) is 16.9. The van der Waals surface area contributed by atoms with Gasteiger partial charge in [-0.15, -0.1) is 0 Å². The summed E-state index contributed by atoms with van der Waals surface area (Å²) in [5, 5.41) is 10.9. The first-order valence-corrected chi connectivity index (χ1v) is 9.56. The van der Waals surface area contributed by atoms with Crippen molar-refractivity contribution in [2.45, 2.75) is 0 Å². The van der Waals surface area contributed by atoms with Gasteiger partial charge < -0.3 is 34.1 Å².